The van der Waals surface area contributed by atoms with E-state index in [1.807, 2.05) is 13.8 Å². The van der Waals surface area contributed by atoms with Crippen molar-refractivity contribution >= 4 is 20.0 Å². The Balaban J connectivity index is 1.73. The number of hydrogen-bond acceptors (Lipinski definition) is 4. The van der Waals surface area contributed by atoms with Crippen LogP contribution in [-0.2, 0) is 20.0 Å². The first-order chi connectivity index (χ1) is 13.1. The number of sulfonamides is 2. The van der Waals surface area contributed by atoms with Gasteiger partial charge in [-0.15, -0.1) is 0 Å². The molecule has 0 saturated carbocycles. The topological polar surface area (TPSA) is 74.8 Å². The third kappa shape index (κ3) is 4.12. The molecule has 0 spiro atoms. The maximum atomic E-state index is 13.0. The lowest BCUT2D eigenvalue weighted by molar-refractivity contribution is 0.273. The molecule has 0 amide bonds. The summed E-state index contributed by atoms with van der Waals surface area (Å²) in [4.78, 5) is 0.196. The Kier molecular flexibility index (Phi) is 5.90. The van der Waals surface area contributed by atoms with Gasteiger partial charge in [-0.25, -0.2) is 21.2 Å². The Bertz CT molecular complexity index is 1030. The van der Waals surface area contributed by atoms with Crippen molar-refractivity contribution in [2.24, 2.45) is 0 Å². The molecule has 3 rings (SSSR count). The van der Waals surface area contributed by atoms with Crippen LogP contribution in [0.5, 0.6) is 0 Å². The molecule has 0 aliphatic carbocycles. The predicted octanol–water partition coefficient (Wildman–Crippen LogP) is 2.64. The van der Waals surface area contributed by atoms with Crippen molar-refractivity contribution in [3.8, 4) is 0 Å². The Hall–Kier alpha value is -1.81. The Labute approximate surface area is 165 Å². The van der Waals surface area contributed by atoms with Gasteiger partial charge in [-0.1, -0.05) is 26.0 Å². The molecule has 1 fully saturated rings. The molecule has 0 bridgehead atoms. The molecule has 0 radical (unpaired) electrons. The second-order valence-electron chi connectivity index (χ2n) is 6.99. The molecule has 0 unspecified atom stereocenters. The molecule has 2 aromatic rings. The molecule has 1 aliphatic heterocycles. The second kappa shape index (κ2) is 7.90. The zero-order chi connectivity index (χ0) is 20.5. The van der Waals surface area contributed by atoms with E-state index in [4.69, 9.17) is 0 Å². The van der Waals surface area contributed by atoms with Crippen LogP contribution in [0.1, 0.15) is 25.3 Å². The lowest BCUT2D eigenvalue weighted by Gasteiger charge is -2.33. The van der Waals surface area contributed by atoms with Gasteiger partial charge < -0.3 is 0 Å². The molecule has 2 aromatic carbocycles. The molecule has 1 aliphatic rings. The number of nitrogens with zero attached hydrogens (tertiary/aromatic N) is 2. The van der Waals surface area contributed by atoms with Gasteiger partial charge in [-0.05, 0) is 47.9 Å². The van der Waals surface area contributed by atoms with Crippen molar-refractivity contribution in [3.63, 3.8) is 0 Å². The highest BCUT2D eigenvalue weighted by Crippen LogP contribution is 2.23. The predicted molar refractivity (Wildman–Crippen MR) is 104 cm³/mol. The summed E-state index contributed by atoms with van der Waals surface area (Å²) >= 11 is 0. The summed E-state index contributed by atoms with van der Waals surface area (Å²) in [6.45, 7) is 4.28. The van der Waals surface area contributed by atoms with Crippen LogP contribution in [0.3, 0.4) is 0 Å². The summed E-state index contributed by atoms with van der Waals surface area (Å²) in [6, 6.07) is 11.4. The summed E-state index contributed by atoms with van der Waals surface area (Å²) in [5, 5.41) is 0. The van der Waals surface area contributed by atoms with Gasteiger partial charge in [0.2, 0.25) is 20.0 Å². The van der Waals surface area contributed by atoms with Crippen LogP contribution in [0.15, 0.2) is 58.3 Å². The lowest BCUT2D eigenvalue weighted by atomic mass is 10.0. The molecule has 9 heteroatoms. The van der Waals surface area contributed by atoms with Gasteiger partial charge >= 0.3 is 0 Å². The zero-order valence-corrected chi connectivity index (χ0v) is 17.4. The van der Waals surface area contributed by atoms with E-state index in [0.717, 1.165) is 17.7 Å². The summed E-state index contributed by atoms with van der Waals surface area (Å²) in [6.07, 6.45) is 0. The van der Waals surface area contributed by atoms with Crippen LogP contribution < -0.4 is 0 Å². The van der Waals surface area contributed by atoms with E-state index in [2.05, 4.69) is 0 Å². The van der Waals surface area contributed by atoms with Crippen molar-refractivity contribution in [2.45, 2.75) is 29.6 Å². The average molecular weight is 427 g/mol. The monoisotopic (exact) mass is 426 g/mol. The summed E-state index contributed by atoms with van der Waals surface area (Å²) in [5.41, 5.74) is 1.05. The first-order valence-corrected chi connectivity index (χ1v) is 11.9. The highest BCUT2D eigenvalue weighted by molar-refractivity contribution is 7.89. The molecule has 152 valence electrons. The van der Waals surface area contributed by atoms with E-state index in [9.17, 15) is 21.2 Å². The van der Waals surface area contributed by atoms with Crippen LogP contribution in [0, 0.1) is 5.82 Å². The lowest BCUT2D eigenvalue weighted by Crippen LogP contribution is -2.50. The van der Waals surface area contributed by atoms with Crippen molar-refractivity contribution < 1.29 is 21.2 Å². The minimum Gasteiger partial charge on any atom is -0.207 e. The Morgan fingerprint density at radius 1 is 0.714 bits per heavy atom. The molecule has 28 heavy (non-hydrogen) atoms. The first kappa shape index (κ1) is 20.9. The summed E-state index contributed by atoms with van der Waals surface area (Å²) in [5.74, 6) is -0.213. The number of halogens is 1. The standard InChI is InChI=1S/C19H23FN2O4S2/c1-15(2)16-3-7-18(8-4-16)27(23,24)21-11-13-22(14-12-21)28(25,26)19-9-5-17(20)6-10-19/h3-10,15H,11-14H2,1-2H3. The molecule has 0 N–H and O–H groups in total. The summed E-state index contributed by atoms with van der Waals surface area (Å²) < 4.78 is 66.6. The van der Waals surface area contributed by atoms with Crippen LogP contribution in [0.2, 0.25) is 0 Å². The van der Waals surface area contributed by atoms with E-state index < -0.39 is 25.9 Å². The SMILES string of the molecule is CC(C)c1ccc(S(=O)(=O)N2CCN(S(=O)(=O)c3ccc(F)cc3)CC2)cc1. The average Bonchev–Trinajstić information content (AvgIpc) is 2.68. The minimum absolute atomic E-state index is 0.00511. The van der Waals surface area contributed by atoms with Crippen LogP contribution >= 0.6 is 0 Å². The third-order valence-corrected chi connectivity index (χ3v) is 8.66. The van der Waals surface area contributed by atoms with Gasteiger partial charge in [0.05, 0.1) is 9.79 Å². The van der Waals surface area contributed by atoms with Crippen molar-refractivity contribution in [2.75, 3.05) is 26.2 Å². The largest absolute Gasteiger partial charge is 0.243 e. The molecule has 6 nitrogen and oxygen atoms in total. The van der Waals surface area contributed by atoms with Gasteiger partial charge in [-0.2, -0.15) is 8.61 Å². The minimum atomic E-state index is -3.78. The molecule has 0 aromatic heterocycles. The zero-order valence-electron chi connectivity index (χ0n) is 15.7. The highest BCUT2D eigenvalue weighted by Gasteiger charge is 2.33. The number of hydrogen-bond donors (Lipinski definition) is 0. The van der Waals surface area contributed by atoms with Gasteiger partial charge in [0.15, 0.2) is 0 Å². The third-order valence-electron chi connectivity index (χ3n) is 4.83. The van der Waals surface area contributed by atoms with E-state index >= 15 is 0 Å². The van der Waals surface area contributed by atoms with Crippen molar-refractivity contribution in [3.05, 3.63) is 59.9 Å². The molecule has 1 saturated heterocycles. The Morgan fingerprint density at radius 3 is 1.43 bits per heavy atom. The summed E-state index contributed by atoms with van der Waals surface area (Å²) in [7, 11) is -7.46. The molecule has 1 heterocycles. The Morgan fingerprint density at radius 2 is 1.07 bits per heavy atom. The smallest absolute Gasteiger partial charge is 0.207 e. The maximum absolute atomic E-state index is 13.0. The molecular weight excluding hydrogens is 403 g/mol. The van der Waals surface area contributed by atoms with Crippen molar-refractivity contribution in [1.82, 2.24) is 8.61 Å². The van der Waals surface area contributed by atoms with Crippen LogP contribution in [-0.4, -0.2) is 51.6 Å². The first-order valence-electron chi connectivity index (χ1n) is 8.98. The van der Waals surface area contributed by atoms with E-state index in [1.165, 1.54) is 20.7 Å². The van der Waals surface area contributed by atoms with Gasteiger partial charge in [-0.3, -0.25) is 0 Å². The van der Waals surface area contributed by atoms with E-state index in [-0.39, 0.29) is 36.0 Å². The number of piperazine rings is 1. The van der Waals surface area contributed by atoms with Gasteiger partial charge in [0.1, 0.15) is 5.82 Å². The normalized spacial score (nSPS) is 17.1. The van der Waals surface area contributed by atoms with E-state index in [0.29, 0.717) is 5.92 Å². The fraction of sp³-hybridized carbons (Fsp3) is 0.368. The van der Waals surface area contributed by atoms with Crippen LogP contribution in [0.4, 0.5) is 4.39 Å². The fourth-order valence-electron chi connectivity index (χ4n) is 3.08. The fourth-order valence-corrected chi connectivity index (χ4v) is 5.92. The maximum Gasteiger partial charge on any atom is 0.243 e. The number of benzene rings is 2. The number of rotatable bonds is 5. The highest BCUT2D eigenvalue weighted by atomic mass is 32.2. The van der Waals surface area contributed by atoms with Gasteiger partial charge in [0.25, 0.3) is 0 Å². The van der Waals surface area contributed by atoms with Gasteiger partial charge in [0, 0.05) is 26.2 Å². The second-order valence-corrected chi connectivity index (χ2v) is 10.9. The molecule has 0 atom stereocenters. The van der Waals surface area contributed by atoms with E-state index in [1.54, 1.807) is 24.3 Å². The molecular formula is C19H23FN2O4S2. The quantitative estimate of drug-likeness (QED) is 0.737. The van der Waals surface area contributed by atoms with Crippen LogP contribution in [0.25, 0.3) is 0 Å². The van der Waals surface area contributed by atoms with Crippen molar-refractivity contribution in [1.29, 1.82) is 0 Å².